The molecule has 2 aromatic rings. The van der Waals surface area contributed by atoms with Crippen molar-refractivity contribution >= 4 is 11.8 Å². The van der Waals surface area contributed by atoms with Crippen LogP contribution >= 0.6 is 0 Å². The molecule has 6 nitrogen and oxygen atoms in total. The summed E-state index contributed by atoms with van der Waals surface area (Å²) in [6.07, 6.45) is 0. The lowest BCUT2D eigenvalue weighted by molar-refractivity contribution is 0.0953. The van der Waals surface area contributed by atoms with Gasteiger partial charge >= 0.3 is 0 Å². The SMILES string of the molecule is CNC(=O)c1ccccc1C#N.CNC(=O)c1ccccc1OC. The summed E-state index contributed by atoms with van der Waals surface area (Å²) in [5, 5.41) is 13.6. The second kappa shape index (κ2) is 9.64. The molecular formula is C18H19N3O3. The summed E-state index contributed by atoms with van der Waals surface area (Å²) in [5.41, 5.74) is 1.38. The van der Waals surface area contributed by atoms with Crippen molar-refractivity contribution in [2.75, 3.05) is 21.2 Å². The molecule has 0 atom stereocenters. The highest BCUT2D eigenvalue weighted by atomic mass is 16.5. The molecular weight excluding hydrogens is 306 g/mol. The lowest BCUT2D eigenvalue weighted by Gasteiger charge is -2.05. The number of nitrogens with zero attached hydrogens (tertiary/aromatic N) is 1. The standard InChI is InChI=1S/C9H8N2O.C9H11NO2/c1-11-9(12)8-5-3-2-4-7(8)6-10;1-10-9(11)7-5-3-4-6-8(7)12-2/h2-5H,1H3,(H,11,12);3-6H,1-2H3,(H,10,11). The number of amides is 2. The molecule has 2 aromatic carbocycles. The minimum absolute atomic E-state index is 0.132. The van der Waals surface area contributed by atoms with E-state index in [1.54, 1.807) is 56.6 Å². The third-order valence-electron chi connectivity index (χ3n) is 3.10. The molecule has 0 unspecified atom stereocenters. The molecule has 124 valence electrons. The lowest BCUT2D eigenvalue weighted by Crippen LogP contribution is -2.18. The molecule has 0 radical (unpaired) electrons. The van der Waals surface area contributed by atoms with E-state index in [9.17, 15) is 9.59 Å². The van der Waals surface area contributed by atoms with Gasteiger partial charge in [-0.1, -0.05) is 24.3 Å². The maximum Gasteiger partial charge on any atom is 0.254 e. The van der Waals surface area contributed by atoms with Gasteiger partial charge in [-0.2, -0.15) is 5.26 Å². The zero-order valence-electron chi connectivity index (χ0n) is 13.8. The average Bonchev–Trinajstić information content (AvgIpc) is 2.67. The van der Waals surface area contributed by atoms with Crippen molar-refractivity contribution in [3.8, 4) is 11.8 Å². The molecule has 0 bridgehead atoms. The number of carbonyl (C=O) groups is 2. The Bertz CT molecular complexity index is 751. The monoisotopic (exact) mass is 325 g/mol. The summed E-state index contributed by atoms with van der Waals surface area (Å²) in [5.74, 6) is 0.233. The first-order valence-electron chi connectivity index (χ1n) is 7.15. The second-order valence-electron chi connectivity index (χ2n) is 4.52. The van der Waals surface area contributed by atoms with Crippen LogP contribution in [0.2, 0.25) is 0 Å². The minimum Gasteiger partial charge on any atom is -0.496 e. The van der Waals surface area contributed by atoms with Gasteiger partial charge in [0.05, 0.1) is 29.9 Å². The fraction of sp³-hybridized carbons (Fsp3) is 0.167. The summed E-state index contributed by atoms with van der Waals surface area (Å²) in [6, 6.07) is 15.7. The van der Waals surface area contributed by atoms with E-state index in [2.05, 4.69) is 10.6 Å². The molecule has 0 fully saturated rings. The van der Waals surface area contributed by atoms with Gasteiger partial charge < -0.3 is 15.4 Å². The molecule has 0 heterocycles. The minimum atomic E-state index is -0.229. The van der Waals surface area contributed by atoms with Gasteiger partial charge in [0.15, 0.2) is 0 Å². The molecule has 2 rings (SSSR count). The molecule has 24 heavy (non-hydrogen) atoms. The van der Waals surface area contributed by atoms with Crippen LogP contribution < -0.4 is 15.4 Å². The number of nitriles is 1. The summed E-state index contributed by atoms with van der Waals surface area (Å²) in [6.45, 7) is 0. The Kier molecular flexibility index (Phi) is 7.52. The van der Waals surface area contributed by atoms with Gasteiger partial charge in [0.2, 0.25) is 0 Å². The van der Waals surface area contributed by atoms with E-state index >= 15 is 0 Å². The number of para-hydroxylation sites is 1. The third-order valence-corrected chi connectivity index (χ3v) is 3.10. The van der Waals surface area contributed by atoms with E-state index in [0.717, 1.165) is 0 Å². The van der Waals surface area contributed by atoms with E-state index < -0.39 is 0 Å². The highest BCUT2D eigenvalue weighted by Crippen LogP contribution is 2.16. The largest absolute Gasteiger partial charge is 0.496 e. The van der Waals surface area contributed by atoms with Crippen molar-refractivity contribution in [2.24, 2.45) is 0 Å². The molecule has 2 amide bonds. The highest BCUT2D eigenvalue weighted by Gasteiger charge is 2.08. The molecule has 0 spiro atoms. The fourth-order valence-electron chi connectivity index (χ4n) is 1.88. The number of ether oxygens (including phenoxy) is 1. The second-order valence-corrected chi connectivity index (χ2v) is 4.52. The van der Waals surface area contributed by atoms with Crippen LogP contribution in [0.25, 0.3) is 0 Å². The van der Waals surface area contributed by atoms with Gasteiger partial charge in [0, 0.05) is 14.1 Å². The van der Waals surface area contributed by atoms with Crippen molar-refractivity contribution in [2.45, 2.75) is 0 Å². The molecule has 0 aliphatic heterocycles. The van der Waals surface area contributed by atoms with Crippen LogP contribution in [0.3, 0.4) is 0 Å². The van der Waals surface area contributed by atoms with E-state index in [1.807, 2.05) is 12.1 Å². The van der Waals surface area contributed by atoms with Crippen LogP contribution in [0.5, 0.6) is 5.75 Å². The van der Waals surface area contributed by atoms with Gasteiger partial charge in [0.25, 0.3) is 11.8 Å². The number of hydrogen-bond acceptors (Lipinski definition) is 4. The van der Waals surface area contributed by atoms with Gasteiger partial charge in [0.1, 0.15) is 5.75 Å². The number of carbonyl (C=O) groups excluding carboxylic acids is 2. The number of benzene rings is 2. The summed E-state index contributed by atoms with van der Waals surface area (Å²) >= 11 is 0. The highest BCUT2D eigenvalue weighted by molar-refractivity contribution is 5.97. The van der Waals surface area contributed by atoms with Crippen LogP contribution in [0.1, 0.15) is 26.3 Å². The number of rotatable bonds is 3. The van der Waals surface area contributed by atoms with Gasteiger partial charge in [-0.05, 0) is 24.3 Å². The van der Waals surface area contributed by atoms with E-state index in [1.165, 1.54) is 7.05 Å². The van der Waals surface area contributed by atoms with Crippen LogP contribution in [0, 0.1) is 11.3 Å². The maximum atomic E-state index is 11.2. The number of hydrogen-bond donors (Lipinski definition) is 2. The quantitative estimate of drug-likeness (QED) is 0.902. The van der Waals surface area contributed by atoms with E-state index in [-0.39, 0.29) is 11.8 Å². The first kappa shape index (κ1) is 18.7. The predicted molar refractivity (Wildman–Crippen MR) is 90.9 cm³/mol. The van der Waals surface area contributed by atoms with E-state index in [0.29, 0.717) is 22.4 Å². The topological polar surface area (TPSA) is 91.2 Å². The smallest absolute Gasteiger partial charge is 0.254 e. The molecule has 0 saturated carbocycles. The molecule has 0 aliphatic carbocycles. The molecule has 0 aliphatic rings. The third kappa shape index (κ3) is 4.85. The zero-order valence-corrected chi connectivity index (χ0v) is 13.8. The molecule has 6 heteroatoms. The zero-order chi connectivity index (χ0) is 17.9. The van der Waals surface area contributed by atoms with Crippen LogP contribution in [-0.2, 0) is 0 Å². The Morgan fingerprint density at radius 1 is 0.917 bits per heavy atom. The Morgan fingerprint density at radius 3 is 1.96 bits per heavy atom. The fourth-order valence-corrected chi connectivity index (χ4v) is 1.88. The average molecular weight is 325 g/mol. The van der Waals surface area contributed by atoms with E-state index in [4.69, 9.17) is 10.00 Å². The van der Waals surface area contributed by atoms with Gasteiger partial charge in [-0.15, -0.1) is 0 Å². The Hall–Kier alpha value is -3.33. The van der Waals surface area contributed by atoms with Gasteiger partial charge in [-0.25, -0.2) is 0 Å². The summed E-state index contributed by atoms with van der Waals surface area (Å²) in [7, 11) is 4.67. The first-order chi connectivity index (χ1) is 11.6. The van der Waals surface area contributed by atoms with Crippen molar-refractivity contribution < 1.29 is 14.3 Å². The summed E-state index contributed by atoms with van der Waals surface area (Å²) < 4.78 is 5.01. The number of methoxy groups -OCH3 is 1. The lowest BCUT2D eigenvalue weighted by atomic mass is 10.1. The molecule has 2 N–H and O–H groups in total. The maximum absolute atomic E-state index is 11.2. The van der Waals surface area contributed by atoms with Crippen molar-refractivity contribution in [3.05, 3.63) is 65.2 Å². The van der Waals surface area contributed by atoms with Crippen molar-refractivity contribution in [1.29, 1.82) is 5.26 Å². The van der Waals surface area contributed by atoms with Crippen LogP contribution in [0.4, 0.5) is 0 Å². The molecule has 0 aromatic heterocycles. The van der Waals surface area contributed by atoms with Crippen LogP contribution in [0.15, 0.2) is 48.5 Å². The first-order valence-corrected chi connectivity index (χ1v) is 7.15. The molecule has 0 saturated heterocycles. The van der Waals surface area contributed by atoms with Crippen molar-refractivity contribution in [1.82, 2.24) is 10.6 Å². The van der Waals surface area contributed by atoms with Crippen molar-refractivity contribution in [3.63, 3.8) is 0 Å². The summed E-state index contributed by atoms with van der Waals surface area (Å²) in [4.78, 5) is 22.3. The van der Waals surface area contributed by atoms with Crippen LogP contribution in [-0.4, -0.2) is 33.0 Å². The number of nitrogens with one attached hydrogen (secondary N) is 2. The predicted octanol–water partition coefficient (Wildman–Crippen LogP) is 1.97. The normalized spacial score (nSPS) is 8.92. The van der Waals surface area contributed by atoms with Gasteiger partial charge in [-0.3, -0.25) is 9.59 Å². The Labute approximate surface area is 141 Å². The Morgan fingerprint density at radius 2 is 1.42 bits per heavy atom. The Balaban J connectivity index is 0.000000240.